The van der Waals surface area contributed by atoms with Crippen molar-refractivity contribution >= 4 is 17.4 Å². The van der Waals surface area contributed by atoms with Gasteiger partial charge in [-0.2, -0.15) is 13.2 Å². The predicted octanol–water partition coefficient (Wildman–Crippen LogP) is 5.23. The van der Waals surface area contributed by atoms with Crippen LogP contribution < -0.4 is 0 Å². The first-order valence-electron chi connectivity index (χ1n) is 5.77. The predicted molar refractivity (Wildman–Crippen MR) is 71.9 cm³/mol. The van der Waals surface area contributed by atoms with Crippen LogP contribution in [0.2, 0.25) is 5.02 Å². The van der Waals surface area contributed by atoms with E-state index in [2.05, 4.69) is 0 Å². The number of carbonyl (C=O) groups is 1. The van der Waals surface area contributed by atoms with Crippen LogP contribution in [0, 0.1) is 0 Å². The minimum atomic E-state index is -4.37. The van der Waals surface area contributed by atoms with Crippen molar-refractivity contribution in [1.29, 1.82) is 0 Å². The highest BCUT2D eigenvalue weighted by atomic mass is 35.5. The maximum absolute atomic E-state index is 12.5. The SMILES string of the molecule is CC(=O)c1ccc(Cl)c(-c2ccc(C(F)(F)F)cc2)c1. The van der Waals surface area contributed by atoms with Crippen molar-refractivity contribution < 1.29 is 18.0 Å². The van der Waals surface area contributed by atoms with E-state index in [-0.39, 0.29) is 5.78 Å². The van der Waals surface area contributed by atoms with Crippen molar-refractivity contribution in [3.8, 4) is 11.1 Å². The van der Waals surface area contributed by atoms with Crippen LogP contribution in [-0.4, -0.2) is 5.78 Å². The van der Waals surface area contributed by atoms with Crippen molar-refractivity contribution in [3.05, 3.63) is 58.6 Å². The van der Waals surface area contributed by atoms with Crippen molar-refractivity contribution in [2.45, 2.75) is 13.1 Å². The summed E-state index contributed by atoms with van der Waals surface area (Å²) in [6.45, 7) is 1.42. The molecule has 0 radical (unpaired) electrons. The van der Waals surface area contributed by atoms with Gasteiger partial charge < -0.3 is 0 Å². The van der Waals surface area contributed by atoms with Gasteiger partial charge in [-0.3, -0.25) is 4.79 Å². The van der Waals surface area contributed by atoms with E-state index in [1.807, 2.05) is 0 Å². The number of ketones is 1. The van der Waals surface area contributed by atoms with Crippen LogP contribution in [0.15, 0.2) is 42.5 Å². The number of hydrogen-bond acceptors (Lipinski definition) is 1. The van der Waals surface area contributed by atoms with Crippen LogP contribution in [0.4, 0.5) is 13.2 Å². The van der Waals surface area contributed by atoms with Gasteiger partial charge in [0.2, 0.25) is 0 Å². The number of alkyl halides is 3. The third-order valence-corrected chi connectivity index (χ3v) is 3.23. The van der Waals surface area contributed by atoms with Gasteiger partial charge in [-0.05, 0) is 42.8 Å². The van der Waals surface area contributed by atoms with E-state index in [0.717, 1.165) is 12.1 Å². The second-order valence-corrected chi connectivity index (χ2v) is 4.73. The summed E-state index contributed by atoms with van der Waals surface area (Å²) in [5.74, 6) is -0.130. The summed E-state index contributed by atoms with van der Waals surface area (Å²) < 4.78 is 37.5. The Bertz CT molecular complexity index is 645. The second-order valence-electron chi connectivity index (χ2n) is 4.33. The van der Waals surface area contributed by atoms with Gasteiger partial charge in [-0.25, -0.2) is 0 Å². The Labute approximate surface area is 119 Å². The molecule has 0 atom stereocenters. The lowest BCUT2D eigenvalue weighted by Crippen LogP contribution is -2.04. The smallest absolute Gasteiger partial charge is 0.295 e. The zero-order valence-corrected chi connectivity index (χ0v) is 11.2. The molecular formula is C15H10ClF3O. The first-order valence-corrected chi connectivity index (χ1v) is 6.15. The molecule has 2 aromatic carbocycles. The van der Waals surface area contributed by atoms with E-state index in [1.165, 1.54) is 19.1 Å². The molecule has 2 aromatic rings. The van der Waals surface area contributed by atoms with Crippen LogP contribution >= 0.6 is 11.6 Å². The first kappa shape index (κ1) is 14.6. The summed E-state index contributed by atoms with van der Waals surface area (Å²) in [5, 5.41) is 0.384. The van der Waals surface area contributed by atoms with E-state index in [9.17, 15) is 18.0 Å². The molecule has 0 saturated heterocycles. The van der Waals surface area contributed by atoms with Crippen LogP contribution in [0.1, 0.15) is 22.8 Å². The molecule has 1 nitrogen and oxygen atoms in total. The lowest BCUT2D eigenvalue weighted by atomic mass is 10.0. The Morgan fingerprint density at radius 3 is 2.15 bits per heavy atom. The molecule has 20 heavy (non-hydrogen) atoms. The molecule has 0 aromatic heterocycles. The summed E-state index contributed by atoms with van der Waals surface area (Å²) in [6, 6.07) is 9.39. The molecule has 104 valence electrons. The molecule has 0 spiro atoms. The van der Waals surface area contributed by atoms with Crippen LogP contribution in [-0.2, 0) is 6.18 Å². The summed E-state index contributed by atoms with van der Waals surface area (Å²) in [6.07, 6.45) is -4.37. The Morgan fingerprint density at radius 1 is 1.05 bits per heavy atom. The maximum atomic E-state index is 12.5. The molecule has 0 bridgehead atoms. The molecule has 2 rings (SSSR count). The fourth-order valence-electron chi connectivity index (χ4n) is 1.80. The molecule has 0 heterocycles. The highest BCUT2D eigenvalue weighted by molar-refractivity contribution is 6.33. The number of Topliss-reactive ketones (excluding diaryl/α,β-unsaturated/α-hetero) is 1. The molecular weight excluding hydrogens is 289 g/mol. The van der Waals surface area contributed by atoms with Gasteiger partial charge >= 0.3 is 6.18 Å². The largest absolute Gasteiger partial charge is 0.416 e. The molecule has 5 heteroatoms. The minimum Gasteiger partial charge on any atom is -0.295 e. The van der Waals surface area contributed by atoms with Gasteiger partial charge in [0.15, 0.2) is 5.78 Å². The number of hydrogen-bond donors (Lipinski definition) is 0. The third-order valence-electron chi connectivity index (χ3n) is 2.90. The van der Waals surface area contributed by atoms with Crippen LogP contribution in [0.3, 0.4) is 0 Å². The summed E-state index contributed by atoms with van der Waals surface area (Å²) in [7, 11) is 0. The van der Waals surface area contributed by atoms with Gasteiger partial charge in [0, 0.05) is 16.1 Å². The van der Waals surface area contributed by atoms with Gasteiger partial charge in [0.25, 0.3) is 0 Å². The number of rotatable bonds is 2. The lowest BCUT2D eigenvalue weighted by molar-refractivity contribution is -0.137. The molecule has 0 aliphatic carbocycles. The Hall–Kier alpha value is -1.81. The number of carbonyl (C=O) groups excluding carboxylic acids is 1. The Morgan fingerprint density at radius 2 is 1.65 bits per heavy atom. The van der Waals surface area contributed by atoms with Gasteiger partial charge in [0.05, 0.1) is 5.56 Å². The van der Waals surface area contributed by atoms with Crippen LogP contribution in [0.25, 0.3) is 11.1 Å². The highest BCUT2D eigenvalue weighted by Gasteiger charge is 2.30. The summed E-state index contributed by atoms with van der Waals surface area (Å²) in [5.41, 5.74) is 0.809. The van der Waals surface area contributed by atoms with Crippen LogP contribution in [0.5, 0.6) is 0 Å². The quantitative estimate of drug-likeness (QED) is 0.694. The molecule has 0 aliphatic heterocycles. The van der Waals surface area contributed by atoms with Gasteiger partial charge in [0.1, 0.15) is 0 Å². The molecule has 0 amide bonds. The highest BCUT2D eigenvalue weighted by Crippen LogP contribution is 2.33. The van der Waals surface area contributed by atoms with Crippen molar-refractivity contribution in [3.63, 3.8) is 0 Å². The lowest BCUT2D eigenvalue weighted by Gasteiger charge is -2.09. The average Bonchev–Trinajstić information content (AvgIpc) is 2.38. The van der Waals surface area contributed by atoms with E-state index in [4.69, 9.17) is 11.6 Å². The van der Waals surface area contributed by atoms with E-state index >= 15 is 0 Å². The number of halogens is 4. The molecule has 0 aliphatic rings. The average molecular weight is 299 g/mol. The van der Waals surface area contributed by atoms with E-state index in [1.54, 1.807) is 18.2 Å². The number of benzene rings is 2. The second kappa shape index (κ2) is 5.29. The fraction of sp³-hybridized carbons (Fsp3) is 0.133. The first-order chi connectivity index (χ1) is 9.29. The maximum Gasteiger partial charge on any atom is 0.416 e. The fourth-order valence-corrected chi connectivity index (χ4v) is 2.03. The summed E-state index contributed by atoms with van der Waals surface area (Å²) in [4.78, 5) is 11.3. The molecule has 0 saturated carbocycles. The normalized spacial score (nSPS) is 11.4. The molecule has 0 N–H and O–H groups in total. The third kappa shape index (κ3) is 3.02. The zero-order chi connectivity index (χ0) is 14.9. The summed E-state index contributed by atoms with van der Waals surface area (Å²) >= 11 is 6.03. The Balaban J connectivity index is 2.46. The zero-order valence-electron chi connectivity index (χ0n) is 10.5. The van der Waals surface area contributed by atoms with Gasteiger partial charge in [-0.1, -0.05) is 23.7 Å². The Kier molecular flexibility index (Phi) is 3.86. The van der Waals surface area contributed by atoms with Crippen molar-refractivity contribution in [2.75, 3.05) is 0 Å². The van der Waals surface area contributed by atoms with Crippen molar-refractivity contribution in [2.24, 2.45) is 0 Å². The minimum absolute atomic E-state index is 0.130. The van der Waals surface area contributed by atoms with E-state index < -0.39 is 11.7 Å². The monoisotopic (exact) mass is 298 g/mol. The molecule has 0 unspecified atom stereocenters. The van der Waals surface area contributed by atoms with Gasteiger partial charge in [-0.15, -0.1) is 0 Å². The standard InChI is InChI=1S/C15H10ClF3O/c1-9(20)11-4-7-14(16)13(8-11)10-2-5-12(6-3-10)15(17,18)19/h2-8H,1H3. The van der Waals surface area contributed by atoms with E-state index in [0.29, 0.717) is 21.7 Å². The van der Waals surface area contributed by atoms with Crippen molar-refractivity contribution in [1.82, 2.24) is 0 Å². The molecule has 0 fully saturated rings. The topological polar surface area (TPSA) is 17.1 Å².